The van der Waals surface area contributed by atoms with Gasteiger partial charge in [-0.3, -0.25) is 0 Å². The minimum atomic E-state index is -3.63. The van der Waals surface area contributed by atoms with Gasteiger partial charge in [0.05, 0.1) is 17.8 Å². The molecule has 0 unspecified atom stereocenters. The molecule has 1 aromatic carbocycles. The third kappa shape index (κ3) is 3.45. The Balaban J connectivity index is 2.43. The molecule has 5 nitrogen and oxygen atoms in total. The zero-order valence-corrected chi connectivity index (χ0v) is 14.1. The number of hydrogen-bond donors (Lipinski definition) is 1. The van der Waals surface area contributed by atoms with Gasteiger partial charge in [0.25, 0.3) is 0 Å². The van der Waals surface area contributed by atoms with Crippen molar-refractivity contribution in [1.82, 2.24) is 0 Å². The van der Waals surface area contributed by atoms with Gasteiger partial charge in [-0.15, -0.1) is 11.3 Å². The van der Waals surface area contributed by atoms with E-state index < -0.39 is 15.8 Å². The number of thiophene rings is 1. The van der Waals surface area contributed by atoms with Gasteiger partial charge in [0, 0.05) is 9.35 Å². The number of aromatic carboxylic acids is 1. The summed E-state index contributed by atoms with van der Waals surface area (Å²) >= 11 is 4.61. The predicted octanol–water partition coefficient (Wildman–Crippen LogP) is 3.19. The predicted molar refractivity (Wildman–Crippen MR) is 82.9 cm³/mol. The maximum absolute atomic E-state index is 12.4. The number of ether oxygens (including phenoxy) is 1. The third-order valence-corrected chi connectivity index (χ3v) is 6.52. The van der Waals surface area contributed by atoms with Crippen molar-refractivity contribution in [2.75, 3.05) is 7.11 Å². The normalized spacial score (nSPS) is 11.3. The summed E-state index contributed by atoms with van der Waals surface area (Å²) in [6, 6.07) is 5.59. The molecule has 2 rings (SSSR count). The summed E-state index contributed by atoms with van der Waals surface area (Å²) in [5.41, 5.74) is -0.177. The first kappa shape index (κ1) is 16.0. The summed E-state index contributed by atoms with van der Waals surface area (Å²) in [5.74, 6) is -1.30. The molecular formula is C13H11BrO5S2. The van der Waals surface area contributed by atoms with Crippen molar-refractivity contribution in [1.29, 1.82) is 0 Å². The fourth-order valence-corrected chi connectivity index (χ4v) is 5.17. The molecule has 0 aliphatic rings. The van der Waals surface area contributed by atoms with Crippen LogP contribution in [-0.4, -0.2) is 26.6 Å². The highest BCUT2D eigenvalue weighted by Crippen LogP contribution is 2.29. The summed E-state index contributed by atoms with van der Waals surface area (Å²) < 4.78 is 30.4. The molecule has 1 N–H and O–H groups in total. The molecule has 0 spiro atoms. The van der Waals surface area contributed by atoms with Gasteiger partial charge in [-0.05, 0) is 45.6 Å². The van der Waals surface area contributed by atoms with Crippen LogP contribution in [0, 0.1) is 0 Å². The van der Waals surface area contributed by atoms with Gasteiger partial charge in [-0.25, -0.2) is 13.2 Å². The maximum atomic E-state index is 12.4. The van der Waals surface area contributed by atoms with Crippen LogP contribution in [-0.2, 0) is 15.6 Å². The molecule has 0 saturated carbocycles. The van der Waals surface area contributed by atoms with Crippen LogP contribution < -0.4 is 4.74 Å². The van der Waals surface area contributed by atoms with Crippen LogP contribution in [0.15, 0.2) is 39.0 Å². The van der Waals surface area contributed by atoms with Crippen LogP contribution in [0.4, 0.5) is 0 Å². The molecule has 1 heterocycles. The second kappa shape index (κ2) is 6.17. The lowest BCUT2D eigenvalue weighted by Gasteiger charge is -2.08. The quantitative estimate of drug-likeness (QED) is 0.847. The Labute approximate surface area is 134 Å². The summed E-state index contributed by atoms with van der Waals surface area (Å²) in [7, 11) is -2.29. The topological polar surface area (TPSA) is 80.7 Å². The van der Waals surface area contributed by atoms with Crippen LogP contribution >= 0.6 is 27.3 Å². The SMILES string of the molecule is COc1ccc(S(=O)(=O)Cc2sccc2Br)cc1C(=O)O. The summed E-state index contributed by atoms with van der Waals surface area (Å²) in [5, 5.41) is 10.9. The number of carboxylic acids is 1. The Bertz CT molecular complexity index is 780. The molecule has 0 bridgehead atoms. The van der Waals surface area contributed by atoms with E-state index in [0.29, 0.717) is 4.88 Å². The average Bonchev–Trinajstić information content (AvgIpc) is 2.82. The Morgan fingerprint density at radius 2 is 2.10 bits per heavy atom. The van der Waals surface area contributed by atoms with E-state index in [1.807, 2.05) is 0 Å². The van der Waals surface area contributed by atoms with Gasteiger partial charge in [0.1, 0.15) is 11.3 Å². The van der Waals surface area contributed by atoms with Crippen molar-refractivity contribution in [2.24, 2.45) is 0 Å². The van der Waals surface area contributed by atoms with Crippen molar-refractivity contribution < 1.29 is 23.1 Å². The van der Waals surface area contributed by atoms with Crippen molar-refractivity contribution in [3.05, 3.63) is 44.6 Å². The Hall–Kier alpha value is -1.38. The van der Waals surface area contributed by atoms with E-state index in [1.54, 1.807) is 11.4 Å². The van der Waals surface area contributed by atoms with Gasteiger partial charge in [-0.2, -0.15) is 0 Å². The van der Waals surface area contributed by atoms with E-state index in [-0.39, 0.29) is 22.0 Å². The molecule has 112 valence electrons. The fraction of sp³-hybridized carbons (Fsp3) is 0.154. The van der Waals surface area contributed by atoms with Crippen LogP contribution in [0.3, 0.4) is 0 Å². The molecule has 0 amide bonds. The van der Waals surface area contributed by atoms with Gasteiger partial charge in [-0.1, -0.05) is 0 Å². The van der Waals surface area contributed by atoms with Gasteiger partial charge in [0.2, 0.25) is 0 Å². The molecule has 2 aromatic rings. The lowest BCUT2D eigenvalue weighted by molar-refractivity contribution is 0.0693. The monoisotopic (exact) mass is 390 g/mol. The standard InChI is InChI=1S/C13H11BrO5S2/c1-19-11-3-2-8(6-9(11)13(15)16)21(17,18)7-12-10(14)4-5-20-12/h2-6H,7H2,1H3,(H,15,16). The van der Waals surface area contributed by atoms with Crippen LogP contribution in [0.2, 0.25) is 0 Å². The first-order valence-corrected chi connectivity index (χ1v) is 9.03. The summed E-state index contributed by atoms with van der Waals surface area (Å²) in [4.78, 5) is 11.8. The Morgan fingerprint density at radius 3 is 2.62 bits per heavy atom. The highest BCUT2D eigenvalue weighted by molar-refractivity contribution is 9.10. The molecule has 0 fully saturated rings. The molecule has 21 heavy (non-hydrogen) atoms. The van der Waals surface area contributed by atoms with Gasteiger partial charge >= 0.3 is 5.97 Å². The third-order valence-electron chi connectivity index (χ3n) is 2.77. The van der Waals surface area contributed by atoms with Crippen molar-refractivity contribution in [2.45, 2.75) is 10.6 Å². The molecule has 0 aliphatic carbocycles. The van der Waals surface area contributed by atoms with Crippen molar-refractivity contribution in [3.63, 3.8) is 0 Å². The highest BCUT2D eigenvalue weighted by Gasteiger charge is 2.21. The summed E-state index contributed by atoms with van der Waals surface area (Å²) in [6.45, 7) is 0. The summed E-state index contributed by atoms with van der Waals surface area (Å²) in [6.07, 6.45) is 0. The maximum Gasteiger partial charge on any atom is 0.339 e. The molecule has 0 radical (unpaired) electrons. The number of halogens is 1. The number of carbonyl (C=O) groups is 1. The smallest absolute Gasteiger partial charge is 0.339 e. The zero-order valence-electron chi connectivity index (χ0n) is 10.9. The highest BCUT2D eigenvalue weighted by atomic mass is 79.9. The van der Waals surface area contributed by atoms with E-state index in [2.05, 4.69) is 15.9 Å². The molecule has 0 atom stereocenters. The van der Waals surface area contributed by atoms with E-state index in [4.69, 9.17) is 9.84 Å². The largest absolute Gasteiger partial charge is 0.496 e. The van der Waals surface area contributed by atoms with Crippen molar-refractivity contribution in [3.8, 4) is 5.75 Å². The number of sulfone groups is 1. The number of rotatable bonds is 5. The minimum absolute atomic E-state index is 0.0407. The second-order valence-electron chi connectivity index (χ2n) is 4.12. The second-order valence-corrected chi connectivity index (χ2v) is 7.96. The lowest BCUT2D eigenvalue weighted by atomic mass is 10.2. The first-order valence-electron chi connectivity index (χ1n) is 5.71. The molecule has 8 heteroatoms. The zero-order chi connectivity index (χ0) is 15.6. The van der Waals surface area contributed by atoms with E-state index in [1.165, 1.54) is 30.6 Å². The molecule has 1 aromatic heterocycles. The Morgan fingerprint density at radius 1 is 1.38 bits per heavy atom. The van der Waals surface area contributed by atoms with E-state index >= 15 is 0 Å². The number of carboxylic acid groups (broad SMARTS) is 1. The number of methoxy groups -OCH3 is 1. The minimum Gasteiger partial charge on any atom is -0.496 e. The average molecular weight is 391 g/mol. The van der Waals surface area contributed by atoms with Crippen LogP contribution in [0.25, 0.3) is 0 Å². The fourth-order valence-electron chi connectivity index (χ4n) is 1.73. The van der Waals surface area contributed by atoms with Crippen LogP contribution in [0.1, 0.15) is 15.2 Å². The van der Waals surface area contributed by atoms with Gasteiger partial charge in [0.15, 0.2) is 9.84 Å². The van der Waals surface area contributed by atoms with Crippen LogP contribution in [0.5, 0.6) is 5.75 Å². The molecule has 0 aliphatic heterocycles. The van der Waals surface area contributed by atoms with E-state index in [9.17, 15) is 13.2 Å². The molecular weight excluding hydrogens is 380 g/mol. The number of hydrogen-bond acceptors (Lipinski definition) is 5. The Kier molecular flexibility index (Phi) is 4.70. The number of benzene rings is 1. The van der Waals surface area contributed by atoms with Crippen molar-refractivity contribution >= 4 is 43.1 Å². The van der Waals surface area contributed by atoms with Gasteiger partial charge < -0.3 is 9.84 Å². The molecule has 0 saturated heterocycles. The lowest BCUT2D eigenvalue weighted by Crippen LogP contribution is -2.07. The first-order chi connectivity index (χ1) is 9.85. The van der Waals surface area contributed by atoms with E-state index in [0.717, 1.165) is 10.5 Å².